The molecule has 0 radical (unpaired) electrons. The Labute approximate surface area is 112 Å². The van der Waals surface area contributed by atoms with Gasteiger partial charge in [0.1, 0.15) is 5.69 Å². The van der Waals surface area contributed by atoms with Crippen molar-refractivity contribution in [2.45, 2.75) is 31.8 Å². The van der Waals surface area contributed by atoms with Crippen LogP contribution >= 0.6 is 11.6 Å². The predicted octanol–water partition coefficient (Wildman–Crippen LogP) is 1.95. The van der Waals surface area contributed by atoms with Crippen LogP contribution in [-0.4, -0.2) is 41.5 Å². The molecule has 18 heavy (non-hydrogen) atoms. The minimum Gasteiger partial charge on any atom is -0.348 e. The van der Waals surface area contributed by atoms with Crippen molar-refractivity contribution in [1.29, 1.82) is 0 Å². The smallest absolute Gasteiger partial charge is 0.270 e. The summed E-state index contributed by atoms with van der Waals surface area (Å²) in [5.74, 6) is -0.140. The van der Waals surface area contributed by atoms with Gasteiger partial charge in [-0.15, -0.1) is 0 Å². The van der Waals surface area contributed by atoms with Crippen LogP contribution < -0.4 is 5.32 Å². The van der Waals surface area contributed by atoms with Gasteiger partial charge in [0.05, 0.1) is 0 Å². The van der Waals surface area contributed by atoms with Gasteiger partial charge in [-0.3, -0.25) is 9.78 Å². The zero-order valence-electron chi connectivity index (χ0n) is 10.7. The Morgan fingerprint density at radius 3 is 3.06 bits per heavy atom. The third-order valence-corrected chi connectivity index (χ3v) is 3.73. The summed E-state index contributed by atoms with van der Waals surface area (Å²) >= 11 is 5.85. The summed E-state index contributed by atoms with van der Waals surface area (Å²) in [6, 6.07) is 3.98. The summed E-state index contributed by atoms with van der Waals surface area (Å²) < 4.78 is 0. The quantitative estimate of drug-likeness (QED) is 0.891. The summed E-state index contributed by atoms with van der Waals surface area (Å²) in [5, 5.41) is 3.56. The number of rotatable bonds is 2. The number of pyridine rings is 1. The molecular weight excluding hydrogens is 250 g/mol. The second-order valence-electron chi connectivity index (χ2n) is 4.88. The SMILES string of the molecule is CC1CC(NC(=O)c2cc(Cl)ccn2)CCN1C. The molecule has 1 aromatic rings. The van der Waals surface area contributed by atoms with Crippen LogP contribution in [0.15, 0.2) is 18.3 Å². The van der Waals surface area contributed by atoms with Gasteiger partial charge in [-0.05, 0) is 38.9 Å². The maximum Gasteiger partial charge on any atom is 0.270 e. The Morgan fingerprint density at radius 1 is 1.61 bits per heavy atom. The molecule has 2 rings (SSSR count). The largest absolute Gasteiger partial charge is 0.348 e. The average Bonchev–Trinajstić information content (AvgIpc) is 2.34. The van der Waals surface area contributed by atoms with Gasteiger partial charge < -0.3 is 10.2 Å². The van der Waals surface area contributed by atoms with Crippen molar-refractivity contribution in [1.82, 2.24) is 15.2 Å². The maximum atomic E-state index is 12.0. The van der Waals surface area contributed by atoms with Gasteiger partial charge in [0, 0.05) is 29.8 Å². The van der Waals surface area contributed by atoms with Crippen molar-refractivity contribution >= 4 is 17.5 Å². The molecule has 1 aromatic heterocycles. The molecule has 1 fully saturated rings. The predicted molar refractivity (Wildman–Crippen MR) is 71.8 cm³/mol. The van der Waals surface area contributed by atoms with Gasteiger partial charge in [0.25, 0.3) is 5.91 Å². The van der Waals surface area contributed by atoms with E-state index in [1.54, 1.807) is 18.3 Å². The minimum atomic E-state index is -0.140. The Balaban J connectivity index is 1.96. The van der Waals surface area contributed by atoms with Crippen LogP contribution in [-0.2, 0) is 0 Å². The van der Waals surface area contributed by atoms with Crippen LogP contribution in [0.2, 0.25) is 5.02 Å². The number of likely N-dealkylation sites (tertiary alicyclic amines) is 1. The second-order valence-corrected chi connectivity index (χ2v) is 5.32. The summed E-state index contributed by atoms with van der Waals surface area (Å²) in [6.07, 6.45) is 3.50. The monoisotopic (exact) mass is 267 g/mol. The minimum absolute atomic E-state index is 0.140. The molecule has 0 spiro atoms. The number of halogens is 1. The number of hydrogen-bond acceptors (Lipinski definition) is 3. The zero-order chi connectivity index (χ0) is 13.1. The Morgan fingerprint density at radius 2 is 2.39 bits per heavy atom. The van der Waals surface area contributed by atoms with Crippen LogP contribution in [0.4, 0.5) is 0 Å². The first-order valence-electron chi connectivity index (χ1n) is 6.19. The number of piperidine rings is 1. The lowest BCUT2D eigenvalue weighted by Crippen LogP contribution is -2.47. The van der Waals surface area contributed by atoms with Crippen molar-refractivity contribution in [3.05, 3.63) is 29.0 Å². The Hall–Kier alpha value is -1.13. The molecule has 1 amide bonds. The van der Waals surface area contributed by atoms with E-state index in [4.69, 9.17) is 11.6 Å². The molecule has 5 heteroatoms. The standard InChI is InChI=1S/C13H18ClN3O/c1-9-7-11(4-6-17(9)2)16-13(18)12-8-10(14)3-5-15-12/h3,5,8-9,11H,4,6-7H2,1-2H3,(H,16,18). The fourth-order valence-corrected chi connectivity index (χ4v) is 2.37. The lowest BCUT2D eigenvalue weighted by molar-refractivity contribution is 0.0891. The topological polar surface area (TPSA) is 45.2 Å². The summed E-state index contributed by atoms with van der Waals surface area (Å²) in [6.45, 7) is 3.19. The van der Waals surface area contributed by atoms with Gasteiger partial charge in [-0.1, -0.05) is 11.6 Å². The lowest BCUT2D eigenvalue weighted by atomic mass is 9.99. The van der Waals surface area contributed by atoms with Crippen molar-refractivity contribution in [2.24, 2.45) is 0 Å². The Kier molecular flexibility index (Phi) is 4.19. The first-order valence-corrected chi connectivity index (χ1v) is 6.56. The molecular formula is C13H18ClN3O. The molecule has 0 bridgehead atoms. The van der Waals surface area contributed by atoms with Crippen molar-refractivity contribution in [3.63, 3.8) is 0 Å². The zero-order valence-corrected chi connectivity index (χ0v) is 11.4. The first-order chi connectivity index (χ1) is 8.56. The van der Waals surface area contributed by atoms with Crippen molar-refractivity contribution in [2.75, 3.05) is 13.6 Å². The number of amides is 1. The van der Waals surface area contributed by atoms with Gasteiger partial charge >= 0.3 is 0 Å². The highest BCUT2D eigenvalue weighted by atomic mass is 35.5. The average molecular weight is 268 g/mol. The molecule has 1 saturated heterocycles. The van der Waals surface area contributed by atoms with E-state index in [0.29, 0.717) is 16.8 Å². The van der Waals surface area contributed by atoms with E-state index < -0.39 is 0 Å². The van der Waals surface area contributed by atoms with Gasteiger partial charge in [0.2, 0.25) is 0 Å². The molecule has 98 valence electrons. The highest BCUT2D eigenvalue weighted by Gasteiger charge is 2.24. The van der Waals surface area contributed by atoms with Crippen LogP contribution in [0.1, 0.15) is 30.3 Å². The highest BCUT2D eigenvalue weighted by Crippen LogP contribution is 2.16. The van der Waals surface area contributed by atoms with Crippen molar-refractivity contribution in [3.8, 4) is 0 Å². The third kappa shape index (κ3) is 3.21. The van der Waals surface area contributed by atoms with Gasteiger partial charge in [-0.2, -0.15) is 0 Å². The molecule has 0 saturated carbocycles. The molecule has 2 heterocycles. The molecule has 2 unspecified atom stereocenters. The fraction of sp³-hybridized carbons (Fsp3) is 0.538. The number of aromatic nitrogens is 1. The number of hydrogen-bond donors (Lipinski definition) is 1. The lowest BCUT2D eigenvalue weighted by Gasteiger charge is -2.35. The fourth-order valence-electron chi connectivity index (χ4n) is 2.21. The third-order valence-electron chi connectivity index (χ3n) is 3.50. The summed E-state index contributed by atoms with van der Waals surface area (Å²) in [5.41, 5.74) is 0.383. The highest BCUT2D eigenvalue weighted by molar-refractivity contribution is 6.30. The van der Waals surface area contributed by atoms with Gasteiger partial charge in [-0.25, -0.2) is 0 Å². The molecule has 4 nitrogen and oxygen atoms in total. The Bertz CT molecular complexity index is 438. The van der Waals surface area contributed by atoms with E-state index in [1.165, 1.54) is 0 Å². The van der Waals surface area contributed by atoms with E-state index in [-0.39, 0.29) is 11.9 Å². The summed E-state index contributed by atoms with van der Waals surface area (Å²) in [4.78, 5) is 18.3. The second kappa shape index (κ2) is 5.67. The number of nitrogens with zero attached hydrogens (tertiary/aromatic N) is 2. The maximum absolute atomic E-state index is 12.0. The molecule has 1 aliphatic heterocycles. The van der Waals surface area contributed by atoms with E-state index >= 15 is 0 Å². The molecule has 2 atom stereocenters. The number of carbonyl (C=O) groups excluding carboxylic acids is 1. The van der Waals surface area contributed by atoms with Crippen LogP contribution in [0.25, 0.3) is 0 Å². The molecule has 1 N–H and O–H groups in total. The number of carbonyl (C=O) groups is 1. The summed E-state index contributed by atoms with van der Waals surface area (Å²) in [7, 11) is 2.11. The van der Waals surface area contributed by atoms with E-state index in [9.17, 15) is 4.79 Å². The van der Waals surface area contributed by atoms with Crippen molar-refractivity contribution < 1.29 is 4.79 Å². The van der Waals surface area contributed by atoms with Gasteiger partial charge in [0.15, 0.2) is 0 Å². The van der Waals surface area contributed by atoms with E-state index in [2.05, 4.69) is 29.2 Å². The normalized spacial score (nSPS) is 24.8. The number of nitrogens with one attached hydrogen (secondary N) is 1. The van der Waals surface area contributed by atoms with E-state index in [0.717, 1.165) is 19.4 Å². The first kappa shape index (κ1) is 13.3. The molecule has 1 aliphatic rings. The van der Waals surface area contributed by atoms with E-state index in [1.807, 2.05) is 0 Å². The van der Waals surface area contributed by atoms with Crippen LogP contribution in [0.5, 0.6) is 0 Å². The molecule has 0 aliphatic carbocycles. The van der Waals surface area contributed by atoms with Crippen LogP contribution in [0, 0.1) is 0 Å². The van der Waals surface area contributed by atoms with Crippen LogP contribution in [0.3, 0.4) is 0 Å². The molecule has 0 aromatic carbocycles.